The molecule has 3 rings (SSSR count). The fourth-order valence-corrected chi connectivity index (χ4v) is 3.85. The molecule has 0 unspecified atom stereocenters. The topological polar surface area (TPSA) is 29.0 Å². The molecule has 3 nitrogen and oxygen atoms in total. The molecular weight excluding hydrogens is 306 g/mol. The second-order valence-corrected chi connectivity index (χ2v) is 7.59. The molecule has 25 heavy (non-hydrogen) atoms. The first-order valence-corrected chi connectivity index (χ1v) is 9.95. The minimum absolute atomic E-state index is 0.812. The molecule has 1 aromatic heterocycles. The maximum Gasteiger partial charge on any atom is 0.139 e. The molecule has 1 aliphatic carbocycles. The Hall–Kier alpha value is -1.64. The molecule has 1 heterocycles. The van der Waals surface area contributed by atoms with E-state index in [0.29, 0.717) is 0 Å². The van der Waals surface area contributed by atoms with Crippen molar-refractivity contribution in [3.63, 3.8) is 0 Å². The van der Waals surface area contributed by atoms with Crippen LogP contribution in [-0.4, -0.2) is 24.1 Å². The van der Waals surface area contributed by atoms with Crippen molar-refractivity contribution in [1.82, 2.24) is 9.97 Å². The van der Waals surface area contributed by atoms with Crippen LogP contribution in [0.1, 0.15) is 64.6 Å². The van der Waals surface area contributed by atoms with Gasteiger partial charge in [0, 0.05) is 19.5 Å². The van der Waals surface area contributed by atoms with E-state index >= 15 is 0 Å². The monoisotopic (exact) mass is 341 g/mol. The molecule has 1 saturated carbocycles. The highest BCUT2D eigenvalue weighted by Gasteiger charge is 2.18. The maximum atomic E-state index is 4.42. The predicted octanol–water partition coefficient (Wildman–Crippen LogP) is 6.01. The molecule has 2 aromatic rings. The standard InChI is InChI=1S/C11H13N3.C11H22/c1-8-12-10-7-5-4-6-9(10)11(13-8)14(2)3;1-3-5-11-8-6-10(4-2)7-9-11/h4-7H,1-3H3;10-11H,3-9H2,1-2H3. The Kier molecular flexibility index (Phi) is 7.67. The van der Waals surface area contributed by atoms with Crippen molar-refractivity contribution in [3.05, 3.63) is 30.1 Å². The number of fused-ring (bicyclic) bond motifs is 1. The van der Waals surface area contributed by atoms with Gasteiger partial charge in [0.2, 0.25) is 0 Å². The molecule has 0 spiro atoms. The summed E-state index contributed by atoms with van der Waals surface area (Å²) < 4.78 is 0. The average molecular weight is 342 g/mol. The van der Waals surface area contributed by atoms with E-state index in [4.69, 9.17) is 0 Å². The number of hydrogen-bond donors (Lipinski definition) is 0. The Labute approximate surface area is 153 Å². The van der Waals surface area contributed by atoms with Crippen molar-refractivity contribution in [3.8, 4) is 0 Å². The zero-order valence-electron chi connectivity index (χ0n) is 16.8. The molecule has 0 aliphatic heterocycles. The van der Waals surface area contributed by atoms with E-state index in [1.54, 1.807) is 0 Å². The van der Waals surface area contributed by atoms with Gasteiger partial charge in [0.15, 0.2) is 0 Å². The largest absolute Gasteiger partial charge is 0.362 e. The summed E-state index contributed by atoms with van der Waals surface area (Å²) in [5.41, 5.74) is 1.00. The number of aromatic nitrogens is 2. The lowest BCUT2D eigenvalue weighted by Crippen LogP contribution is -2.13. The maximum absolute atomic E-state index is 4.42. The Morgan fingerprint density at radius 2 is 1.60 bits per heavy atom. The van der Waals surface area contributed by atoms with Gasteiger partial charge in [-0.2, -0.15) is 0 Å². The first kappa shape index (κ1) is 19.7. The van der Waals surface area contributed by atoms with Crippen LogP contribution in [0.5, 0.6) is 0 Å². The summed E-state index contributed by atoms with van der Waals surface area (Å²) in [6.07, 6.45) is 10.4. The third-order valence-electron chi connectivity index (χ3n) is 5.36. The van der Waals surface area contributed by atoms with Gasteiger partial charge >= 0.3 is 0 Å². The number of anilines is 1. The average Bonchev–Trinajstić information content (AvgIpc) is 2.62. The van der Waals surface area contributed by atoms with E-state index in [0.717, 1.165) is 34.4 Å². The SMILES string of the molecule is CCCC1CCC(CC)CC1.Cc1nc(N(C)C)c2ccccc2n1. The molecule has 1 aromatic carbocycles. The van der Waals surface area contributed by atoms with Crippen LogP contribution in [0.4, 0.5) is 5.82 Å². The smallest absolute Gasteiger partial charge is 0.139 e. The lowest BCUT2D eigenvalue weighted by molar-refractivity contribution is 0.257. The minimum Gasteiger partial charge on any atom is -0.362 e. The van der Waals surface area contributed by atoms with Gasteiger partial charge in [-0.3, -0.25) is 0 Å². The van der Waals surface area contributed by atoms with E-state index in [2.05, 4.69) is 23.8 Å². The normalized spacial score (nSPS) is 20.0. The first-order valence-electron chi connectivity index (χ1n) is 9.95. The molecule has 0 N–H and O–H groups in total. The van der Waals surface area contributed by atoms with Gasteiger partial charge in [0.05, 0.1) is 5.52 Å². The molecule has 138 valence electrons. The number of aryl methyl sites for hydroxylation is 1. The van der Waals surface area contributed by atoms with Crippen LogP contribution in [0.3, 0.4) is 0 Å². The van der Waals surface area contributed by atoms with E-state index in [-0.39, 0.29) is 0 Å². The van der Waals surface area contributed by atoms with Crippen LogP contribution in [0.25, 0.3) is 10.9 Å². The molecule has 0 atom stereocenters. The van der Waals surface area contributed by atoms with Crippen LogP contribution in [0.15, 0.2) is 24.3 Å². The van der Waals surface area contributed by atoms with Crippen molar-refractivity contribution >= 4 is 16.7 Å². The predicted molar refractivity (Wildman–Crippen MR) is 109 cm³/mol. The first-order chi connectivity index (χ1) is 12.0. The molecule has 0 radical (unpaired) electrons. The second-order valence-electron chi connectivity index (χ2n) is 7.59. The van der Waals surface area contributed by atoms with Crippen LogP contribution < -0.4 is 4.90 Å². The summed E-state index contributed by atoms with van der Waals surface area (Å²) in [6.45, 7) is 6.57. The molecule has 1 fully saturated rings. The summed E-state index contributed by atoms with van der Waals surface area (Å²) in [5.74, 6) is 3.95. The number of rotatable bonds is 4. The molecule has 3 heteroatoms. The number of nitrogens with zero attached hydrogens (tertiary/aromatic N) is 3. The highest BCUT2D eigenvalue weighted by atomic mass is 15.1. The van der Waals surface area contributed by atoms with Crippen molar-refractivity contribution < 1.29 is 0 Å². The van der Waals surface area contributed by atoms with E-state index in [1.165, 1.54) is 44.9 Å². The minimum atomic E-state index is 0.812. The van der Waals surface area contributed by atoms with Gasteiger partial charge in [-0.05, 0) is 30.9 Å². The highest BCUT2D eigenvalue weighted by Crippen LogP contribution is 2.32. The zero-order chi connectivity index (χ0) is 18.2. The van der Waals surface area contributed by atoms with Crippen molar-refractivity contribution in [2.45, 2.75) is 65.7 Å². The summed E-state index contributed by atoms with van der Waals surface area (Å²) in [5, 5.41) is 1.10. The van der Waals surface area contributed by atoms with Crippen LogP contribution in [0.2, 0.25) is 0 Å². The van der Waals surface area contributed by atoms with Gasteiger partial charge in [0.1, 0.15) is 11.6 Å². The van der Waals surface area contributed by atoms with Gasteiger partial charge in [-0.1, -0.05) is 70.9 Å². The van der Waals surface area contributed by atoms with Gasteiger partial charge < -0.3 is 4.90 Å². The highest BCUT2D eigenvalue weighted by molar-refractivity contribution is 5.89. The van der Waals surface area contributed by atoms with E-state index < -0.39 is 0 Å². The summed E-state index contributed by atoms with van der Waals surface area (Å²) in [7, 11) is 3.99. The molecule has 0 amide bonds. The molecule has 0 saturated heterocycles. The van der Waals surface area contributed by atoms with E-state index in [9.17, 15) is 0 Å². The quantitative estimate of drug-likeness (QED) is 0.682. The van der Waals surface area contributed by atoms with Crippen molar-refractivity contribution in [2.24, 2.45) is 11.8 Å². The Morgan fingerprint density at radius 3 is 2.20 bits per heavy atom. The summed E-state index contributed by atoms with van der Waals surface area (Å²) in [4.78, 5) is 10.8. The molecule has 1 aliphatic rings. The fraction of sp³-hybridized carbons (Fsp3) is 0.636. The van der Waals surface area contributed by atoms with Gasteiger partial charge in [0.25, 0.3) is 0 Å². The third kappa shape index (κ3) is 5.69. The van der Waals surface area contributed by atoms with Crippen molar-refractivity contribution in [2.75, 3.05) is 19.0 Å². The lowest BCUT2D eigenvalue weighted by Gasteiger charge is -2.27. The Morgan fingerprint density at radius 1 is 0.960 bits per heavy atom. The molecular formula is C22H35N3. The number of hydrogen-bond acceptors (Lipinski definition) is 3. The Balaban J connectivity index is 0.000000186. The second kappa shape index (κ2) is 9.74. The van der Waals surface area contributed by atoms with Gasteiger partial charge in [-0.25, -0.2) is 9.97 Å². The lowest BCUT2D eigenvalue weighted by atomic mass is 9.79. The zero-order valence-corrected chi connectivity index (χ0v) is 16.8. The van der Waals surface area contributed by atoms with Crippen molar-refractivity contribution in [1.29, 1.82) is 0 Å². The van der Waals surface area contributed by atoms with Crippen LogP contribution in [0, 0.1) is 18.8 Å². The summed E-state index contributed by atoms with van der Waals surface area (Å²) >= 11 is 0. The Bertz CT molecular complexity index is 643. The van der Waals surface area contributed by atoms with Crippen LogP contribution >= 0.6 is 0 Å². The fourth-order valence-electron chi connectivity index (χ4n) is 3.85. The number of benzene rings is 1. The summed E-state index contributed by atoms with van der Waals surface area (Å²) in [6, 6.07) is 8.06. The molecule has 0 bridgehead atoms. The third-order valence-corrected chi connectivity index (χ3v) is 5.36. The van der Waals surface area contributed by atoms with E-state index in [1.807, 2.05) is 50.2 Å². The van der Waals surface area contributed by atoms with Crippen LogP contribution in [-0.2, 0) is 0 Å². The van der Waals surface area contributed by atoms with Gasteiger partial charge in [-0.15, -0.1) is 0 Å². The number of para-hydroxylation sites is 1.